The Hall–Kier alpha value is -2.57. The molecule has 1 fully saturated rings. The van der Waals surface area contributed by atoms with Gasteiger partial charge < -0.3 is 19.7 Å². The van der Waals surface area contributed by atoms with Gasteiger partial charge in [-0.05, 0) is 39.2 Å². The van der Waals surface area contributed by atoms with E-state index in [1.165, 1.54) is 12.0 Å². The molecule has 1 saturated heterocycles. The van der Waals surface area contributed by atoms with Crippen LogP contribution in [0.4, 0.5) is 4.79 Å². The van der Waals surface area contributed by atoms with E-state index >= 15 is 0 Å². The van der Waals surface area contributed by atoms with Gasteiger partial charge >= 0.3 is 12.1 Å². The van der Waals surface area contributed by atoms with Crippen molar-refractivity contribution in [3.8, 4) is 0 Å². The van der Waals surface area contributed by atoms with Crippen molar-refractivity contribution < 1.29 is 23.9 Å². The summed E-state index contributed by atoms with van der Waals surface area (Å²) in [6.45, 7) is 5.73. The number of methoxy groups -OCH3 is 1. The lowest BCUT2D eigenvalue weighted by atomic mass is 10.0. The fourth-order valence-corrected chi connectivity index (χ4v) is 3.11. The number of hydrogen-bond donors (Lipinski definition) is 1. The van der Waals surface area contributed by atoms with Gasteiger partial charge in [0.15, 0.2) is 0 Å². The van der Waals surface area contributed by atoms with Gasteiger partial charge in [-0.1, -0.05) is 30.3 Å². The van der Waals surface area contributed by atoms with E-state index in [0.717, 1.165) is 12.0 Å². The lowest BCUT2D eigenvalue weighted by Gasteiger charge is -2.29. The van der Waals surface area contributed by atoms with Crippen molar-refractivity contribution in [3.63, 3.8) is 0 Å². The van der Waals surface area contributed by atoms with Gasteiger partial charge in [-0.2, -0.15) is 0 Å². The van der Waals surface area contributed by atoms with E-state index in [1.807, 2.05) is 30.3 Å². The highest BCUT2D eigenvalue weighted by molar-refractivity contribution is 5.90. The first kappa shape index (κ1) is 20.7. The van der Waals surface area contributed by atoms with Crippen molar-refractivity contribution >= 4 is 18.0 Å². The summed E-state index contributed by atoms with van der Waals surface area (Å²) in [5.41, 5.74) is 0.229. The van der Waals surface area contributed by atoms with Crippen LogP contribution in [0.5, 0.6) is 0 Å². The molecule has 7 nitrogen and oxygen atoms in total. The number of hydrogen-bond acceptors (Lipinski definition) is 5. The van der Waals surface area contributed by atoms with Crippen molar-refractivity contribution in [2.75, 3.05) is 13.7 Å². The molecule has 148 valence electrons. The van der Waals surface area contributed by atoms with Gasteiger partial charge in [0.05, 0.1) is 7.11 Å². The molecule has 2 atom stereocenters. The molecule has 7 heteroatoms. The Morgan fingerprint density at radius 1 is 1.22 bits per heavy atom. The minimum atomic E-state index is -0.826. The molecule has 1 aromatic carbocycles. The van der Waals surface area contributed by atoms with Gasteiger partial charge in [-0.15, -0.1) is 0 Å². The summed E-state index contributed by atoms with van der Waals surface area (Å²) in [5.74, 6) is -0.741. The smallest absolute Gasteiger partial charge is 0.408 e. The lowest BCUT2D eigenvalue weighted by Crippen LogP contribution is -2.53. The summed E-state index contributed by atoms with van der Waals surface area (Å²) < 4.78 is 10.1. The molecule has 1 aromatic rings. The van der Waals surface area contributed by atoms with Gasteiger partial charge in [0.1, 0.15) is 17.7 Å². The van der Waals surface area contributed by atoms with E-state index in [4.69, 9.17) is 9.47 Å². The number of rotatable bonds is 5. The number of likely N-dealkylation sites (tertiary alicyclic amines) is 1. The Morgan fingerprint density at radius 2 is 1.89 bits per heavy atom. The van der Waals surface area contributed by atoms with Crippen LogP contribution in [-0.2, 0) is 25.5 Å². The second-order valence-electron chi connectivity index (χ2n) is 7.60. The van der Waals surface area contributed by atoms with Crippen LogP contribution in [0, 0.1) is 0 Å². The van der Waals surface area contributed by atoms with E-state index in [0.29, 0.717) is 19.4 Å². The van der Waals surface area contributed by atoms with Crippen molar-refractivity contribution in [1.29, 1.82) is 0 Å². The second-order valence-corrected chi connectivity index (χ2v) is 7.60. The predicted molar refractivity (Wildman–Crippen MR) is 100 cm³/mol. The molecule has 2 rings (SSSR count). The van der Waals surface area contributed by atoms with Crippen LogP contribution in [0.15, 0.2) is 30.3 Å². The Kier molecular flexibility index (Phi) is 6.82. The normalized spacial score (nSPS) is 17.9. The second kappa shape index (κ2) is 8.88. The van der Waals surface area contributed by atoms with Gasteiger partial charge in [-0.3, -0.25) is 4.79 Å². The summed E-state index contributed by atoms with van der Waals surface area (Å²) in [4.78, 5) is 38.9. The van der Waals surface area contributed by atoms with Gasteiger partial charge in [0, 0.05) is 13.0 Å². The monoisotopic (exact) mass is 376 g/mol. The van der Waals surface area contributed by atoms with Crippen LogP contribution in [0.3, 0.4) is 0 Å². The number of nitrogens with zero attached hydrogens (tertiary/aromatic N) is 1. The quantitative estimate of drug-likeness (QED) is 0.797. The van der Waals surface area contributed by atoms with E-state index in [2.05, 4.69) is 5.32 Å². The maximum atomic E-state index is 13.1. The molecule has 1 heterocycles. The lowest BCUT2D eigenvalue weighted by molar-refractivity contribution is -0.151. The number of benzene rings is 1. The first-order valence-electron chi connectivity index (χ1n) is 9.13. The minimum Gasteiger partial charge on any atom is -0.467 e. The van der Waals surface area contributed by atoms with Crippen molar-refractivity contribution in [1.82, 2.24) is 10.2 Å². The largest absolute Gasteiger partial charge is 0.467 e. The number of esters is 1. The Balaban J connectivity index is 2.18. The molecule has 0 aliphatic carbocycles. The van der Waals surface area contributed by atoms with Crippen molar-refractivity contribution in [2.24, 2.45) is 0 Å². The topological polar surface area (TPSA) is 84.9 Å². The Bertz CT molecular complexity index is 669. The van der Waals surface area contributed by atoms with Gasteiger partial charge in [0.2, 0.25) is 5.91 Å². The van der Waals surface area contributed by atoms with Gasteiger partial charge in [0.25, 0.3) is 0 Å². The summed E-state index contributed by atoms with van der Waals surface area (Å²) in [5, 5.41) is 2.67. The maximum Gasteiger partial charge on any atom is 0.408 e. The highest BCUT2D eigenvalue weighted by Gasteiger charge is 2.38. The first-order chi connectivity index (χ1) is 12.7. The molecule has 0 spiro atoms. The molecule has 1 N–H and O–H groups in total. The molecule has 2 amide bonds. The van der Waals surface area contributed by atoms with E-state index in [1.54, 1.807) is 20.8 Å². The van der Waals surface area contributed by atoms with Crippen LogP contribution in [-0.4, -0.2) is 54.2 Å². The molecule has 0 unspecified atom stereocenters. The van der Waals surface area contributed by atoms with E-state index in [9.17, 15) is 14.4 Å². The van der Waals surface area contributed by atoms with Crippen LogP contribution in [0.2, 0.25) is 0 Å². The fraction of sp³-hybridized carbons (Fsp3) is 0.550. The summed E-state index contributed by atoms with van der Waals surface area (Å²) in [6, 6.07) is 7.97. The number of carbonyl (C=O) groups is 3. The highest BCUT2D eigenvalue weighted by atomic mass is 16.6. The van der Waals surface area contributed by atoms with Crippen molar-refractivity contribution in [2.45, 2.75) is 57.7 Å². The number of carbonyl (C=O) groups excluding carboxylic acids is 3. The van der Waals surface area contributed by atoms with Crippen molar-refractivity contribution in [3.05, 3.63) is 35.9 Å². The van der Waals surface area contributed by atoms with Crippen LogP contribution >= 0.6 is 0 Å². The van der Waals surface area contributed by atoms with Crippen LogP contribution in [0.25, 0.3) is 0 Å². The molecule has 0 saturated carbocycles. The maximum absolute atomic E-state index is 13.1. The minimum absolute atomic E-state index is 0.308. The van der Waals surface area contributed by atoms with E-state index in [-0.39, 0.29) is 5.91 Å². The molecule has 27 heavy (non-hydrogen) atoms. The third-order valence-corrected chi connectivity index (χ3v) is 4.28. The number of nitrogens with one attached hydrogen (secondary N) is 1. The molecule has 0 bridgehead atoms. The van der Waals surface area contributed by atoms with Gasteiger partial charge in [-0.25, -0.2) is 9.59 Å². The third kappa shape index (κ3) is 5.98. The fourth-order valence-electron chi connectivity index (χ4n) is 3.11. The average molecular weight is 376 g/mol. The van der Waals surface area contributed by atoms with Crippen LogP contribution < -0.4 is 5.32 Å². The zero-order valence-electron chi connectivity index (χ0n) is 16.4. The average Bonchev–Trinajstić information content (AvgIpc) is 3.08. The number of ether oxygens (including phenoxy) is 2. The van der Waals surface area contributed by atoms with E-state index < -0.39 is 29.7 Å². The predicted octanol–water partition coefficient (Wildman–Crippen LogP) is 2.29. The third-order valence-electron chi connectivity index (χ3n) is 4.28. The summed E-state index contributed by atoms with van der Waals surface area (Å²) >= 11 is 0. The molecule has 0 radical (unpaired) electrons. The SMILES string of the molecule is COC(=O)[C@@H]1CCCN1C(=O)[C@@H](Cc1ccccc1)NC(=O)OC(C)(C)C. The molecule has 1 aliphatic rings. The Labute approximate surface area is 160 Å². The number of amides is 2. The highest BCUT2D eigenvalue weighted by Crippen LogP contribution is 2.20. The summed E-state index contributed by atoms with van der Waals surface area (Å²) in [6.07, 6.45) is 0.924. The van der Waals surface area contributed by atoms with Crippen LogP contribution in [0.1, 0.15) is 39.2 Å². The standard InChI is InChI=1S/C20H28N2O5/c1-20(2,3)27-19(25)21-15(13-14-9-6-5-7-10-14)17(23)22-12-8-11-16(22)18(24)26-4/h5-7,9-10,15-16H,8,11-13H2,1-4H3,(H,21,25)/t15-,16+/m1/s1. The first-order valence-corrected chi connectivity index (χ1v) is 9.13. The zero-order chi connectivity index (χ0) is 20.0. The molecular weight excluding hydrogens is 348 g/mol. The summed E-state index contributed by atoms with van der Waals surface area (Å²) in [7, 11) is 1.31. The molecule has 0 aromatic heterocycles. The zero-order valence-corrected chi connectivity index (χ0v) is 16.4. The Morgan fingerprint density at radius 3 is 2.48 bits per heavy atom. The molecular formula is C20H28N2O5. The molecule has 1 aliphatic heterocycles. The number of alkyl carbamates (subject to hydrolysis) is 1.